The summed E-state index contributed by atoms with van der Waals surface area (Å²) in [4.78, 5) is 62.0. The van der Waals surface area contributed by atoms with Gasteiger partial charge in [-0.15, -0.1) is 0 Å². The van der Waals surface area contributed by atoms with E-state index in [9.17, 15) is 28.8 Å². The Morgan fingerprint density at radius 2 is 0.361 bits per heavy atom. The minimum atomic E-state index is -1.06. The highest BCUT2D eigenvalue weighted by atomic mass is 16.4. The molecule has 6 N–H and O–H groups in total. The molecule has 0 aliphatic rings. The van der Waals surface area contributed by atoms with Crippen molar-refractivity contribution in [3.8, 4) is 0 Å². The molecule has 3 aromatic rings. The number of aromatic carboxylic acids is 6. The van der Waals surface area contributed by atoms with Gasteiger partial charge in [0.15, 0.2) is 0 Å². The van der Waals surface area contributed by atoms with Crippen molar-refractivity contribution in [2.45, 2.75) is 0 Å². The van der Waals surface area contributed by atoms with Crippen LogP contribution in [0, 0.1) is 0 Å². The molecule has 0 saturated heterocycles. The van der Waals surface area contributed by atoms with E-state index < -0.39 is 35.8 Å². The molecular weight excluding hydrogens is 480 g/mol. The average Bonchev–Trinajstić information content (AvgIpc) is 2.84. The summed E-state index contributed by atoms with van der Waals surface area (Å²) in [5.41, 5.74) is 0.500. The van der Waals surface area contributed by atoms with Gasteiger partial charge >= 0.3 is 35.8 Å². The highest BCUT2D eigenvalue weighted by molar-refractivity contribution is 5.93. The van der Waals surface area contributed by atoms with Crippen LogP contribution in [0.2, 0.25) is 0 Å². The lowest BCUT2D eigenvalue weighted by molar-refractivity contribution is 0.0681. The number of hydrogen-bond donors (Lipinski definition) is 6. The molecule has 0 radical (unpaired) electrons. The monoisotopic (exact) mass is 498 g/mol. The van der Waals surface area contributed by atoms with Crippen molar-refractivity contribution < 1.29 is 59.4 Å². The molecule has 0 spiro atoms. The SMILES string of the molecule is O=C(O)c1ccc(C(=O)O)cc1.O=C(O)c1ccc(C(=O)O)cc1.O=C(O)c1ccc(C(=O)O)cc1. The van der Waals surface area contributed by atoms with Crippen LogP contribution in [-0.4, -0.2) is 66.5 Å². The molecule has 0 aliphatic carbocycles. The van der Waals surface area contributed by atoms with Crippen molar-refractivity contribution in [1.29, 1.82) is 0 Å². The van der Waals surface area contributed by atoms with Gasteiger partial charge in [0.05, 0.1) is 33.4 Å². The molecule has 12 heteroatoms. The van der Waals surface area contributed by atoms with E-state index in [0.29, 0.717) is 0 Å². The summed E-state index contributed by atoms with van der Waals surface area (Å²) in [5.74, 6) is -6.38. The second-order valence-corrected chi connectivity index (χ2v) is 6.56. The Bertz CT molecular complexity index is 998. The second kappa shape index (κ2) is 13.3. The van der Waals surface area contributed by atoms with Crippen LogP contribution in [-0.2, 0) is 0 Å². The van der Waals surface area contributed by atoms with E-state index in [2.05, 4.69) is 0 Å². The second-order valence-electron chi connectivity index (χ2n) is 6.56. The molecule has 0 atom stereocenters. The number of hydrogen-bond acceptors (Lipinski definition) is 6. The third-order valence-electron chi connectivity index (χ3n) is 4.14. The van der Waals surface area contributed by atoms with E-state index in [1.54, 1.807) is 0 Å². The fourth-order valence-electron chi connectivity index (χ4n) is 2.27. The predicted octanol–water partition coefficient (Wildman–Crippen LogP) is 3.25. The van der Waals surface area contributed by atoms with Gasteiger partial charge in [-0.25, -0.2) is 28.8 Å². The summed E-state index contributed by atoms with van der Waals surface area (Å²) < 4.78 is 0. The van der Waals surface area contributed by atoms with Crippen LogP contribution in [0.5, 0.6) is 0 Å². The van der Waals surface area contributed by atoms with E-state index >= 15 is 0 Å². The summed E-state index contributed by atoms with van der Waals surface area (Å²) in [6, 6.07) is 15.1. The van der Waals surface area contributed by atoms with E-state index in [1.807, 2.05) is 0 Å². The third kappa shape index (κ3) is 9.15. The van der Waals surface area contributed by atoms with Crippen LogP contribution in [0.25, 0.3) is 0 Å². The van der Waals surface area contributed by atoms with E-state index in [1.165, 1.54) is 72.8 Å². The van der Waals surface area contributed by atoms with Gasteiger partial charge in [0.2, 0.25) is 0 Å². The van der Waals surface area contributed by atoms with Crippen LogP contribution in [0.3, 0.4) is 0 Å². The number of carboxylic acid groups (broad SMARTS) is 6. The summed E-state index contributed by atoms with van der Waals surface area (Å²) >= 11 is 0. The molecule has 3 aromatic carbocycles. The van der Waals surface area contributed by atoms with Gasteiger partial charge in [-0.3, -0.25) is 0 Å². The molecule has 0 bridgehead atoms. The first kappa shape index (κ1) is 28.5. The van der Waals surface area contributed by atoms with E-state index in [0.717, 1.165) is 0 Å². The Hall–Kier alpha value is -5.52. The summed E-state index contributed by atoms with van der Waals surface area (Å²) in [6.45, 7) is 0. The van der Waals surface area contributed by atoms with Gasteiger partial charge in [-0.05, 0) is 72.8 Å². The maximum Gasteiger partial charge on any atom is 0.335 e. The quantitative estimate of drug-likeness (QED) is 0.288. The first-order chi connectivity index (χ1) is 16.8. The summed E-state index contributed by atoms with van der Waals surface area (Å²) in [6.07, 6.45) is 0. The molecule has 0 amide bonds. The van der Waals surface area contributed by atoms with E-state index in [-0.39, 0.29) is 33.4 Å². The molecule has 3 rings (SSSR count). The van der Waals surface area contributed by atoms with Crippen LogP contribution in [0.4, 0.5) is 0 Å². The smallest absolute Gasteiger partial charge is 0.335 e. The normalized spacial score (nSPS) is 9.33. The molecule has 186 valence electrons. The van der Waals surface area contributed by atoms with Gasteiger partial charge in [-0.1, -0.05) is 0 Å². The third-order valence-corrected chi connectivity index (χ3v) is 4.14. The summed E-state index contributed by atoms with van der Waals surface area (Å²) in [5, 5.41) is 50.8. The molecule has 0 heterocycles. The lowest BCUT2D eigenvalue weighted by Crippen LogP contribution is -1.99. The first-order valence-corrected chi connectivity index (χ1v) is 9.53. The zero-order chi connectivity index (χ0) is 27.4. The Kier molecular flexibility index (Phi) is 10.5. The van der Waals surface area contributed by atoms with Gasteiger partial charge in [0.1, 0.15) is 0 Å². The minimum absolute atomic E-state index is 0.0833. The number of carboxylic acids is 6. The van der Waals surface area contributed by atoms with Crippen LogP contribution in [0.1, 0.15) is 62.1 Å². The van der Waals surface area contributed by atoms with Gasteiger partial charge in [-0.2, -0.15) is 0 Å². The molecule has 0 saturated carbocycles. The Balaban J connectivity index is 0.000000270. The first-order valence-electron chi connectivity index (χ1n) is 9.53. The number of rotatable bonds is 6. The Labute approximate surface area is 201 Å². The van der Waals surface area contributed by atoms with Crippen LogP contribution >= 0.6 is 0 Å². The molecule has 36 heavy (non-hydrogen) atoms. The average molecular weight is 498 g/mol. The topological polar surface area (TPSA) is 224 Å². The minimum Gasteiger partial charge on any atom is -0.478 e. The maximum absolute atomic E-state index is 10.3. The van der Waals surface area contributed by atoms with Crippen LogP contribution in [0.15, 0.2) is 72.8 Å². The predicted molar refractivity (Wildman–Crippen MR) is 121 cm³/mol. The molecule has 0 aromatic heterocycles. The van der Waals surface area contributed by atoms with Gasteiger partial charge < -0.3 is 30.6 Å². The van der Waals surface area contributed by atoms with E-state index in [4.69, 9.17) is 30.6 Å². The van der Waals surface area contributed by atoms with Gasteiger partial charge in [0.25, 0.3) is 0 Å². The molecule has 0 unspecified atom stereocenters. The van der Waals surface area contributed by atoms with Crippen molar-refractivity contribution in [3.05, 3.63) is 106 Å². The Morgan fingerprint density at radius 1 is 0.278 bits per heavy atom. The zero-order valence-corrected chi connectivity index (χ0v) is 18.1. The molecular formula is C24H18O12. The van der Waals surface area contributed by atoms with Crippen LogP contribution < -0.4 is 0 Å². The molecule has 12 nitrogen and oxygen atoms in total. The highest BCUT2D eigenvalue weighted by Gasteiger charge is 2.06. The zero-order valence-electron chi connectivity index (χ0n) is 18.1. The standard InChI is InChI=1S/3C8H6O4/c3*9-7(10)5-1-2-6(4-3-5)8(11)12/h3*1-4H,(H,9,10)(H,11,12). The largest absolute Gasteiger partial charge is 0.478 e. The van der Waals surface area contributed by atoms with Gasteiger partial charge in [0, 0.05) is 0 Å². The van der Waals surface area contributed by atoms with Crippen molar-refractivity contribution in [1.82, 2.24) is 0 Å². The maximum atomic E-state index is 10.3. The lowest BCUT2D eigenvalue weighted by atomic mass is 10.1. The molecule has 0 aliphatic heterocycles. The summed E-state index contributed by atoms with van der Waals surface area (Å²) in [7, 11) is 0. The fourth-order valence-corrected chi connectivity index (χ4v) is 2.27. The fraction of sp³-hybridized carbons (Fsp3) is 0. The van der Waals surface area contributed by atoms with Crippen molar-refractivity contribution in [2.75, 3.05) is 0 Å². The molecule has 0 fully saturated rings. The van der Waals surface area contributed by atoms with Crippen molar-refractivity contribution >= 4 is 35.8 Å². The number of carbonyl (C=O) groups is 6. The number of benzene rings is 3. The Morgan fingerprint density at radius 3 is 0.417 bits per heavy atom. The van der Waals surface area contributed by atoms with Crippen molar-refractivity contribution in [2.24, 2.45) is 0 Å². The lowest BCUT2D eigenvalue weighted by Gasteiger charge is -1.94. The highest BCUT2D eigenvalue weighted by Crippen LogP contribution is 2.05. The van der Waals surface area contributed by atoms with Crippen molar-refractivity contribution in [3.63, 3.8) is 0 Å².